The topological polar surface area (TPSA) is 35.2 Å². The molecule has 4 nitrogen and oxygen atoms in total. The van der Waals surface area contributed by atoms with Crippen molar-refractivity contribution in [2.45, 2.75) is 51.6 Å². The molecule has 1 N–H and O–H groups in total. The number of imidazole rings is 1. The summed E-state index contributed by atoms with van der Waals surface area (Å²) < 4.78 is 0. The molecule has 1 unspecified atom stereocenters. The van der Waals surface area contributed by atoms with Gasteiger partial charge in [-0.25, -0.2) is 4.98 Å². The number of nitrogens with zero attached hydrogens (tertiary/aromatic N) is 3. The fourth-order valence-electron chi connectivity index (χ4n) is 5.40. The van der Waals surface area contributed by atoms with E-state index >= 15 is 0 Å². The zero-order chi connectivity index (χ0) is 22.1. The number of aromatic amines is 1. The van der Waals surface area contributed by atoms with E-state index in [1.54, 1.807) is 0 Å². The summed E-state index contributed by atoms with van der Waals surface area (Å²) in [6.07, 6.45) is 2.58. The molecule has 1 aliphatic carbocycles. The first kappa shape index (κ1) is 29.7. The van der Waals surface area contributed by atoms with Crippen LogP contribution in [0, 0.1) is 12.8 Å². The molecule has 2 fully saturated rings. The molecule has 1 saturated carbocycles. The Kier molecular flexibility index (Phi) is 11.1. The standard InChI is InChI=1S/C28H36N4.3ClH/c1-20(2)26(25-21(3)29-28(30-25)24-14-15-24)31-16-18-32(19-17-31)27(22-10-6-4-7-11-22)23-12-8-5-9-13-23;;;/h4-13,20,24,26-27H,14-19H2,1-3H3,(H,29,30);3*1H. The average Bonchev–Trinajstić information content (AvgIpc) is 3.60. The molecular formula is C28H39Cl3N4. The highest BCUT2D eigenvalue weighted by Crippen LogP contribution is 2.40. The van der Waals surface area contributed by atoms with Crippen LogP contribution in [0.1, 0.15) is 73.0 Å². The first-order valence-electron chi connectivity index (χ1n) is 12.3. The third-order valence-corrected chi connectivity index (χ3v) is 7.15. The lowest BCUT2D eigenvalue weighted by atomic mass is 9.94. The Morgan fingerprint density at radius 3 is 1.71 bits per heavy atom. The van der Waals surface area contributed by atoms with Crippen molar-refractivity contribution in [1.29, 1.82) is 0 Å². The smallest absolute Gasteiger partial charge is 0.109 e. The molecule has 192 valence electrons. The van der Waals surface area contributed by atoms with Crippen LogP contribution in [-0.4, -0.2) is 45.9 Å². The van der Waals surface area contributed by atoms with Gasteiger partial charge in [-0.3, -0.25) is 9.80 Å². The molecule has 5 rings (SSSR count). The lowest BCUT2D eigenvalue weighted by Crippen LogP contribution is -2.50. The molecule has 0 bridgehead atoms. The molecule has 2 heterocycles. The Labute approximate surface area is 229 Å². The minimum absolute atomic E-state index is 0. The summed E-state index contributed by atoms with van der Waals surface area (Å²) in [5.74, 6) is 2.43. The Balaban J connectivity index is 0.00000144. The van der Waals surface area contributed by atoms with Gasteiger partial charge in [0.15, 0.2) is 0 Å². The number of rotatable bonds is 7. The second kappa shape index (κ2) is 13.1. The molecule has 0 spiro atoms. The highest BCUT2D eigenvalue weighted by Gasteiger charge is 2.34. The maximum Gasteiger partial charge on any atom is 0.109 e. The van der Waals surface area contributed by atoms with Crippen LogP contribution >= 0.6 is 37.2 Å². The zero-order valence-electron chi connectivity index (χ0n) is 20.9. The van der Waals surface area contributed by atoms with Crippen LogP contribution in [0.15, 0.2) is 60.7 Å². The average molecular weight is 538 g/mol. The van der Waals surface area contributed by atoms with E-state index in [9.17, 15) is 0 Å². The van der Waals surface area contributed by atoms with Crippen molar-refractivity contribution >= 4 is 37.2 Å². The number of aromatic nitrogens is 2. The van der Waals surface area contributed by atoms with Gasteiger partial charge in [0.2, 0.25) is 0 Å². The van der Waals surface area contributed by atoms with Gasteiger partial charge in [0, 0.05) is 37.8 Å². The third kappa shape index (κ3) is 6.61. The van der Waals surface area contributed by atoms with Gasteiger partial charge < -0.3 is 4.98 Å². The summed E-state index contributed by atoms with van der Waals surface area (Å²) in [6.45, 7) is 11.2. The van der Waals surface area contributed by atoms with Gasteiger partial charge in [0.1, 0.15) is 5.82 Å². The minimum atomic E-state index is 0. The van der Waals surface area contributed by atoms with Crippen molar-refractivity contribution in [3.63, 3.8) is 0 Å². The Morgan fingerprint density at radius 2 is 1.26 bits per heavy atom. The van der Waals surface area contributed by atoms with E-state index in [2.05, 4.69) is 96.2 Å². The van der Waals surface area contributed by atoms with E-state index in [-0.39, 0.29) is 37.2 Å². The quantitative estimate of drug-likeness (QED) is 0.354. The lowest BCUT2D eigenvalue weighted by molar-refractivity contribution is 0.0598. The molecule has 3 aromatic rings. The highest BCUT2D eigenvalue weighted by molar-refractivity contribution is 5.86. The van der Waals surface area contributed by atoms with E-state index in [0.29, 0.717) is 23.9 Å². The highest BCUT2D eigenvalue weighted by atomic mass is 35.5. The number of piperazine rings is 1. The second-order valence-electron chi connectivity index (χ2n) is 9.89. The molecule has 0 radical (unpaired) electrons. The Hall–Kier alpha value is -1.56. The SMILES string of the molecule is Cc1[nH]c(C2CC2)nc1C(C(C)C)N1CCN(C(c2ccccc2)c2ccccc2)CC1.Cl.Cl.Cl. The van der Waals surface area contributed by atoms with Crippen molar-refractivity contribution in [2.24, 2.45) is 5.92 Å². The first-order chi connectivity index (χ1) is 15.6. The van der Waals surface area contributed by atoms with E-state index < -0.39 is 0 Å². The molecule has 0 amide bonds. The number of nitrogens with one attached hydrogen (secondary N) is 1. The van der Waals surface area contributed by atoms with E-state index in [1.807, 2.05) is 0 Å². The zero-order valence-corrected chi connectivity index (χ0v) is 23.3. The van der Waals surface area contributed by atoms with Crippen molar-refractivity contribution in [3.05, 3.63) is 89.0 Å². The maximum atomic E-state index is 5.11. The summed E-state index contributed by atoms with van der Waals surface area (Å²) in [6, 6.07) is 22.6. The van der Waals surface area contributed by atoms with Gasteiger partial charge >= 0.3 is 0 Å². The van der Waals surface area contributed by atoms with Crippen molar-refractivity contribution in [2.75, 3.05) is 26.2 Å². The van der Waals surface area contributed by atoms with Crippen molar-refractivity contribution in [1.82, 2.24) is 19.8 Å². The van der Waals surface area contributed by atoms with Crippen LogP contribution in [0.25, 0.3) is 0 Å². The number of benzene rings is 2. The van der Waals surface area contributed by atoms with Crippen LogP contribution in [0.4, 0.5) is 0 Å². The second-order valence-corrected chi connectivity index (χ2v) is 9.89. The number of halogens is 3. The lowest BCUT2D eigenvalue weighted by Gasteiger charge is -2.43. The molecule has 7 heteroatoms. The summed E-state index contributed by atoms with van der Waals surface area (Å²) in [5.41, 5.74) is 5.30. The van der Waals surface area contributed by atoms with Gasteiger partial charge in [-0.05, 0) is 36.8 Å². The minimum Gasteiger partial charge on any atom is -0.346 e. The number of hydrogen-bond donors (Lipinski definition) is 1. The molecule has 1 saturated heterocycles. The van der Waals surface area contributed by atoms with E-state index in [4.69, 9.17) is 4.98 Å². The number of aryl methyl sites for hydroxylation is 1. The summed E-state index contributed by atoms with van der Waals surface area (Å²) in [5, 5.41) is 0. The Morgan fingerprint density at radius 1 is 0.771 bits per heavy atom. The van der Waals surface area contributed by atoms with Gasteiger partial charge in [-0.15, -0.1) is 37.2 Å². The van der Waals surface area contributed by atoms with Gasteiger partial charge in [-0.1, -0.05) is 74.5 Å². The van der Waals surface area contributed by atoms with Crippen molar-refractivity contribution < 1.29 is 0 Å². The van der Waals surface area contributed by atoms with Crippen molar-refractivity contribution in [3.8, 4) is 0 Å². The normalized spacial score (nSPS) is 17.4. The van der Waals surface area contributed by atoms with Gasteiger partial charge in [-0.2, -0.15) is 0 Å². The van der Waals surface area contributed by atoms with Crippen LogP contribution in [-0.2, 0) is 0 Å². The molecular weight excluding hydrogens is 499 g/mol. The summed E-state index contributed by atoms with van der Waals surface area (Å²) in [7, 11) is 0. The van der Waals surface area contributed by atoms with Crippen LogP contribution in [0.3, 0.4) is 0 Å². The molecule has 1 aliphatic heterocycles. The fourth-order valence-corrected chi connectivity index (χ4v) is 5.40. The van der Waals surface area contributed by atoms with E-state index in [1.165, 1.54) is 41.2 Å². The van der Waals surface area contributed by atoms with Gasteiger partial charge in [0.05, 0.1) is 17.8 Å². The first-order valence-corrected chi connectivity index (χ1v) is 12.3. The monoisotopic (exact) mass is 536 g/mol. The van der Waals surface area contributed by atoms with Crippen LogP contribution in [0.5, 0.6) is 0 Å². The summed E-state index contributed by atoms with van der Waals surface area (Å²) in [4.78, 5) is 14.0. The largest absolute Gasteiger partial charge is 0.346 e. The van der Waals surface area contributed by atoms with Crippen LogP contribution < -0.4 is 0 Å². The fraction of sp³-hybridized carbons (Fsp3) is 0.464. The molecule has 2 aliphatic rings. The molecule has 2 aromatic carbocycles. The predicted molar refractivity (Wildman–Crippen MR) is 152 cm³/mol. The third-order valence-electron chi connectivity index (χ3n) is 7.15. The number of H-pyrrole nitrogens is 1. The molecule has 1 aromatic heterocycles. The maximum absolute atomic E-state index is 5.11. The molecule has 1 atom stereocenters. The number of hydrogen-bond acceptors (Lipinski definition) is 3. The summed E-state index contributed by atoms with van der Waals surface area (Å²) >= 11 is 0. The van der Waals surface area contributed by atoms with Crippen LogP contribution in [0.2, 0.25) is 0 Å². The van der Waals surface area contributed by atoms with Gasteiger partial charge in [0.25, 0.3) is 0 Å². The predicted octanol–water partition coefficient (Wildman–Crippen LogP) is 6.97. The molecule has 35 heavy (non-hydrogen) atoms. The van der Waals surface area contributed by atoms with E-state index in [0.717, 1.165) is 26.2 Å². The Bertz CT molecular complexity index is 974.